The highest BCUT2D eigenvalue weighted by Crippen LogP contribution is 2.11. The molecule has 0 amide bonds. The van der Waals surface area contributed by atoms with Gasteiger partial charge in [-0.3, -0.25) is 0 Å². The summed E-state index contributed by atoms with van der Waals surface area (Å²) in [6, 6.07) is 0. The molecule has 1 atom stereocenters. The number of unbranched alkanes of at least 4 members (excludes halogenated alkanes) is 2. The van der Waals surface area contributed by atoms with Crippen LogP contribution < -0.4 is 0 Å². The van der Waals surface area contributed by atoms with Gasteiger partial charge in [0.25, 0.3) is 0 Å². The SMILES string of the molecule is C/C=C/CC/C=C/CC/C=C/C(C)C(C)C. The Kier molecular flexibility index (Phi) is 10.2. The van der Waals surface area contributed by atoms with Gasteiger partial charge in [-0.15, -0.1) is 0 Å². The van der Waals surface area contributed by atoms with Gasteiger partial charge >= 0.3 is 0 Å². The molecule has 0 saturated heterocycles. The normalized spacial score (nSPS) is 14.8. The van der Waals surface area contributed by atoms with E-state index in [1.54, 1.807) is 0 Å². The van der Waals surface area contributed by atoms with Crippen molar-refractivity contribution in [3.63, 3.8) is 0 Å². The highest BCUT2D eigenvalue weighted by atomic mass is 14.1. The van der Waals surface area contributed by atoms with E-state index in [9.17, 15) is 0 Å². The molecule has 0 N–H and O–H groups in total. The fraction of sp³-hybridized carbons (Fsp3) is 0.625. The summed E-state index contributed by atoms with van der Waals surface area (Å²) in [4.78, 5) is 0. The maximum absolute atomic E-state index is 2.35. The molecule has 0 spiro atoms. The molecule has 0 fully saturated rings. The molecule has 0 aromatic heterocycles. The zero-order chi connectivity index (χ0) is 12.2. The first-order valence-electron chi connectivity index (χ1n) is 6.61. The Bertz CT molecular complexity index is 218. The monoisotopic (exact) mass is 220 g/mol. The smallest absolute Gasteiger partial charge is 0.0239 e. The average Bonchev–Trinajstić information content (AvgIpc) is 2.26. The van der Waals surface area contributed by atoms with Gasteiger partial charge in [0.1, 0.15) is 0 Å². The Balaban J connectivity index is 3.45. The summed E-state index contributed by atoms with van der Waals surface area (Å²) in [5, 5.41) is 0. The van der Waals surface area contributed by atoms with Gasteiger partial charge in [0.05, 0.1) is 0 Å². The van der Waals surface area contributed by atoms with E-state index < -0.39 is 0 Å². The second-order valence-corrected chi connectivity index (χ2v) is 4.73. The summed E-state index contributed by atoms with van der Waals surface area (Å²) < 4.78 is 0. The fourth-order valence-corrected chi connectivity index (χ4v) is 1.32. The standard InChI is InChI=1S/C16H28/c1-5-6-7-8-9-10-11-12-13-14-16(4)15(2)3/h5-6,9-10,13-16H,7-8,11-12H2,1-4H3/b6-5+,10-9+,14-13+. The third-order valence-electron chi connectivity index (χ3n) is 2.89. The van der Waals surface area contributed by atoms with Crippen molar-refractivity contribution in [1.82, 2.24) is 0 Å². The second-order valence-electron chi connectivity index (χ2n) is 4.73. The minimum Gasteiger partial charge on any atom is -0.0917 e. The minimum absolute atomic E-state index is 0.707. The Labute approximate surface area is 102 Å². The van der Waals surface area contributed by atoms with E-state index in [0.29, 0.717) is 5.92 Å². The molecule has 0 nitrogen and oxygen atoms in total. The molecule has 1 unspecified atom stereocenters. The van der Waals surface area contributed by atoms with Crippen molar-refractivity contribution in [2.45, 2.75) is 53.4 Å². The molecule has 0 heterocycles. The molecule has 0 aliphatic carbocycles. The molecule has 0 aliphatic rings. The van der Waals surface area contributed by atoms with Crippen LogP contribution in [0.25, 0.3) is 0 Å². The lowest BCUT2D eigenvalue weighted by Crippen LogP contribution is -1.98. The number of rotatable bonds is 8. The number of hydrogen-bond donors (Lipinski definition) is 0. The molecule has 0 heteroatoms. The van der Waals surface area contributed by atoms with Gasteiger partial charge < -0.3 is 0 Å². The molecule has 0 aromatic rings. The van der Waals surface area contributed by atoms with Gasteiger partial charge in [0.15, 0.2) is 0 Å². The second kappa shape index (κ2) is 10.7. The molecule has 92 valence electrons. The first-order valence-corrected chi connectivity index (χ1v) is 6.61. The summed E-state index contributed by atoms with van der Waals surface area (Å²) in [6.07, 6.45) is 18.3. The van der Waals surface area contributed by atoms with Gasteiger partial charge in [-0.05, 0) is 44.4 Å². The Morgan fingerprint density at radius 1 is 0.750 bits per heavy atom. The lowest BCUT2D eigenvalue weighted by atomic mass is 9.97. The maximum Gasteiger partial charge on any atom is -0.0239 e. The van der Waals surface area contributed by atoms with Gasteiger partial charge in [0, 0.05) is 0 Å². The maximum atomic E-state index is 2.35. The van der Waals surface area contributed by atoms with E-state index >= 15 is 0 Å². The number of allylic oxidation sites excluding steroid dienone is 6. The van der Waals surface area contributed by atoms with E-state index in [2.05, 4.69) is 64.2 Å². The van der Waals surface area contributed by atoms with Crippen LogP contribution >= 0.6 is 0 Å². The van der Waals surface area contributed by atoms with Gasteiger partial charge in [0.2, 0.25) is 0 Å². The van der Waals surface area contributed by atoms with E-state index in [4.69, 9.17) is 0 Å². The molecule has 0 aromatic carbocycles. The Morgan fingerprint density at radius 2 is 1.25 bits per heavy atom. The summed E-state index contributed by atoms with van der Waals surface area (Å²) in [6.45, 7) is 8.91. The summed E-state index contributed by atoms with van der Waals surface area (Å²) >= 11 is 0. The number of hydrogen-bond acceptors (Lipinski definition) is 0. The highest BCUT2D eigenvalue weighted by Gasteiger charge is 2.00. The van der Waals surface area contributed by atoms with Crippen LogP contribution in [0.3, 0.4) is 0 Å². The lowest BCUT2D eigenvalue weighted by molar-refractivity contribution is 0.503. The zero-order valence-electron chi connectivity index (χ0n) is 11.4. The summed E-state index contributed by atoms with van der Waals surface area (Å²) in [5.41, 5.74) is 0. The fourth-order valence-electron chi connectivity index (χ4n) is 1.32. The van der Waals surface area contributed by atoms with Crippen molar-refractivity contribution in [2.75, 3.05) is 0 Å². The van der Waals surface area contributed by atoms with Gasteiger partial charge in [-0.2, -0.15) is 0 Å². The average molecular weight is 220 g/mol. The zero-order valence-corrected chi connectivity index (χ0v) is 11.4. The van der Waals surface area contributed by atoms with Gasteiger partial charge in [-0.25, -0.2) is 0 Å². The predicted octanol–water partition coefficient (Wildman–Crippen LogP) is 5.53. The quantitative estimate of drug-likeness (QED) is 0.373. The largest absolute Gasteiger partial charge is 0.0917 e. The first kappa shape index (κ1) is 15.2. The Morgan fingerprint density at radius 3 is 1.75 bits per heavy atom. The summed E-state index contributed by atoms with van der Waals surface area (Å²) in [7, 11) is 0. The molecule has 16 heavy (non-hydrogen) atoms. The van der Waals surface area contributed by atoms with Crippen LogP contribution in [0.4, 0.5) is 0 Å². The topological polar surface area (TPSA) is 0 Å². The highest BCUT2D eigenvalue weighted by molar-refractivity contribution is 4.92. The van der Waals surface area contributed by atoms with Crippen molar-refractivity contribution in [3.05, 3.63) is 36.5 Å². The third-order valence-corrected chi connectivity index (χ3v) is 2.89. The molecule has 0 radical (unpaired) electrons. The van der Waals surface area contributed by atoms with Crippen LogP contribution in [0.5, 0.6) is 0 Å². The van der Waals surface area contributed by atoms with E-state index in [1.807, 2.05) is 0 Å². The Hall–Kier alpha value is -0.780. The lowest BCUT2D eigenvalue weighted by Gasteiger charge is -2.09. The van der Waals surface area contributed by atoms with Crippen molar-refractivity contribution < 1.29 is 0 Å². The molecule has 0 aliphatic heterocycles. The molecule has 0 saturated carbocycles. The van der Waals surface area contributed by atoms with Crippen molar-refractivity contribution >= 4 is 0 Å². The van der Waals surface area contributed by atoms with E-state index in [0.717, 1.165) is 5.92 Å². The van der Waals surface area contributed by atoms with E-state index in [-0.39, 0.29) is 0 Å². The van der Waals surface area contributed by atoms with Crippen LogP contribution in [-0.4, -0.2) is 0 Å². The molecule has 0 bridgehead atoms. The predicted molar refractivity (Wildman–Crippen MR) is 75.6 cm³/mol. The van der Waals surface area contributed by atoms with Crippen LogP contribution in [0.2, 0.25) is 0 Å². The van der Waals surface area contributed by atoms with Crippen molar-refractivity contribution in [2.24, 2.45) is 11.8 Å². The van der Waals surface area contributed by atoms with E-state index in [1.165, 1.54) is 25.7 Å². The van der Waals surface area contributed by atoms with Crippen LogP contribution in [-0.2, 0) is 0 Å². The van der Waals surface area contributed by atoms with Crippen LogP contribution in [0, 0.1) is 11.8 Å². The molecule has 0 rings (SSSR count). The third kappa shape index (κ3) is 9.76. The first-order chi connectivity index (χ1) is 7.68. The van der Waals surface area contributed by atoms with Crippen molar-refractivity contribution in [3.8, 4) is 0 Å². The van der Waals surface area contributed by atoms with Crippen molar-refractivity contribution in [1.29, 1.82) is 0 Å². The molecular formula is C16H28. The summed E-state index contributed by atoms with van der Waals surface area (Å²) in [5.74, 6) is 1.46. The van der Waals surface area contributed by atoms with Crippen LogP contribution in [0.15, 0.2) is 36.5 Å². The minimum atomic E-state index is 0.707. The van der Waals surface area contributed by atoms with Crippen LogP contribution in [0.1, 0.15) is 53.4 Å². The van der Waals surface area contributed by atoms with Gasteiger partial charge in [-0.1, -0.05) is 57.2 Å². The molecular weight excluding hydrogens is 192 g/mol.